The topological polar surface area (TPSA) is 44.4 Å². The summed E-state index contributed by atoms with van der Waals surface area (Å²) in [5.74, 6) is 0.470. The van der Waals surface area contributed by atoms with E-state index >= 15 is 0 Å². The molecule has 0 spiro atoms. The number of nitrogens with zero attached hydrogens (tertiary/aromatic N) is 1. The molecule has 2 aliphatic heterocycles. The first kappa shape index (κ1) is 14.8. The second-order valence-electron chi connectivity index (χ2n) is 6.35. The third kappa shape index (κ3) is 4.77. The number of hydrogen-bond acceptors (Lipinski definition) is 3. The van der Waals surface area contributed by atoms with Crippen molar-refractivity contribution < 1.29 is 4.79 Å². The fourth-order valence-electron chi connectivity index (χ4n) is 3.31. The summed E-state index contributed by atoms with van der Waals surface area (Å²) in [6.45, 7) is 8.68. The molecule has 0 bridgehead atoms. The first-order chi connectivity index (χ1) is 9.15. The standard InChI is InChI=1S/C15H29N3O/c1-12-10-14(6-7-16-12)15(19)17-13(2)11-18-8-4-3-5-9-18/h12-14,16H,3-11H2,1-2H3,(H,17,19). The van der Waals surface area contributed by atoms with Crippen LogP contribution in [0.2, 0.25) is 0 Å². The molecule has 2 N–H and O–H groups in total. The Hall–Kier alpha value is -0.610. The number of piperidine rings is 2. The van der Waals surface area contributed by atoms with Crippen molar-refractivity contribution in [2.45, 2.75) is 58.0 Å². The lowest BCUT2D eigenvalue weighted by atomic mass is 9.92. The maximum atomic E-state index is 12.2. The van der Waals surface area contributed by atoms with Crippen molar-refractivity contribution in [1.29, 1.82) is 0 Å². The van der Waals surface area contributed by atoms with Crippen LogP contribution in [0, 0.1) is 5.92 Å². The van der Waals surface area contributed by atoms with Crippen LogP contribution in [0.3, 0.4) is 0 Å². The zero-order valence-corrected chi connectivity index (χ0v) is 12.5. The fourth-order valence-corrected chi connectivity index (χ4v) is 3.31. The van der Waals surface area contributed by atoms with Crippen molar-refractivity contribution in [3.8, 4) is 0 Å². The number of rotatable bonds is 4. The number of likely N-dealkylation sites (tertiary alicyclic amines) is 1. The molecule has 2 heterocycles. The van der Waals surface area contributed by atoms with Gasteiger partial charge in [0.05, 0.1) is 0 Å². The highest BCUT2D eigenvalue weighted by Gasteiger charge is 2.25. The Morgan fingerprint density at radius 3 is 2.79 bits per heavy atom. The molecule has 4 nitrogen and oxygen atoms in total. The quantitative estimate of drug-likeness (QED) is 0.808. The third-order valence-corrected chi connectivity index (χ3v) is 4.36. The lowest BCUT2D eigenvalue weighted by molar-refractivity contribution is -0.126. The summed E-state index contributed by atoms with van der Waals surface area (Å²) in [6, 6.07) is 0.748. The van der Waals surface area contributed by atoms with Crippen LogP contribution < -0.4 is 10.6 Å². The highest BCUT2D eigenvalue weighted by molar-refractivity contribution is 5.79. The van der Waals surface area contributed by atoms with Gasteiger partial charge in [-0.3, -0.25) is 4.79 Å². The molecule has 2 rings (SSSR count). The summed E-state index contributed by atoms with van der Waals surface area (Å²) in [6.07, 6.45) is 5.94. The van der Waals surface area contributed by atoms with E-state index in [4.69, 9.17) is 0 Å². The number of carbonyl (C=O) groups is 1. The van der Waals surface area contributed by atoms with Crippen LogP contribution in [0.25, 0.3) is 0 Å². The lowest BCUT2D eigenvalue weighted by Crippen LogP contribution is -2.48. The van der Waals surface area contributed by atoms with Crippen molar-refractivity contribution in [3.05, 3.63) is 0 Å². The molecule has 0 radical (unpaired) electrons. The molecule has 2 saturated heterocycles. The van der Waals surface area contributed by atoms with Gasteiger partial charge in [-0.2, -0.15) is 0 Å². The van der Waals surface area contributed by atoms with Gasteiger partial charge in [0.2, 0.25) is 5.91 Å². The molecule has 2 fully saturated rings. The van der Waals surface area contributed by atoms with Gasteiger partial charge in [-0.25, -0.2) is 0 Å². The summed E-state index contributed by atoms with van der Waals surface area (Å²) >= 11 is 0. The molecular formula is C15H29N3O. The van der Waals surface area contributed by atoms with Gasteiger partial charge in [0.15, 0.2) is 0 Å². The van der Waals surface area contributed by atoms with Gasteiger partial charge >= 0.3 is 0 Å². The first-order valence-corrected chi connectivity index (χ1v) is 7.91. The minimum Gasteiger partial charge on any atom is -0.352 e. The van der Waals surface area contributed by atoms with Crippen LogP contribution in [-0.2, 0) is 4.79 Å². The molecule has 0 saturated carbocycles. The highest BCUT2D eigenvalue weighted by Crippen LogP contribution is 2.16. The minimum absolute atomic E-state index is 0.208. The SMILES string of the molecule is CC1CC(C(=O)NC(C)CN2CCCCC2)CCN1. The molecule has 0 aromatic rings. The van der Waals surface area contributed by atoms with E-state index in [1.54, 1.807) is 0 Å². The summed E-state index contributed by atoms with van der Waals surface area (Å²) in [5.41, 5.74) is 0. The molecule has 4 heteroatoms. The monoisotopic (exact) mass is 267 g/mol. The summed E-state index contributed by atoms with van der Waals surface area (Å²) in [5, 5.41) is 6.61. The molecule has 3 atom stereocenters. The Labute approximate surface area is 117 Å². The molecular weight excluding hydrogens is 238 g/mol. The van der Waals surface area contributed by atoms with Crippen LogP contribution in [-0.4, -0.2) is 49.1 Å². The van der Waals surface area contributed by atoms with E-state index in [0.29, 0.717) is 6.04 Å². The molecule has 1 amide bonds. The third-order valence-electron chi connectivity index (χ3n) is 4.36. The molecule has 0 aromatic heterocycles. The van der Waals surface area contributed by atoms with E-state index < -0.39 is 0 Å². The highest BCUT2D eigenvalue weighted by atomic mass is 16.1. The maximum absolute atomic E-state index is 12.2. The van der Waals surface area contributed by atoms with Gasteiger partial charge in [-0.1, -0.05) is 6.42 Å². The van der Waals surface area contributed by atoms with Gasteiger partial charge in [0, 0.05) is 24.5 Å². The van der Waals surface area contributed by atoms with Crippen molar-refractivity contribution in [2.24, 2.45) is 5.92 Å². The van der Waals surface area contributed by atoms with Crippen molar-refractivity contribution in [3.63, 3.8) is 0 Å². The zero-order chi connectivity index (χ0) is 13.7. The van der Waals surface area contributed by atoms with E-state index in [2.05, 4.69) is 29.4 Å². The first-order valence-electron chi connectivity index (χ1n) is 7.91. The summed E-state index contributed by atoms with van der Waals surface area (Å²) in [4.78, 5) is 14.7. The van der Waals surface area contributed by atoms with Crippen molar-refractivity contribution in [2.75, 3.05) is 26.2 Å². The van der Waals surface area contributed by atoms with Crippen molar-refractivity contribution in [1.82, 2.24) is 15.5 Å². The van der Waals surface area contributed by atoms with E-state index in [0.717, 1.165) is 25.9 Å². The minimum atomic E-state index is 0.208. The summed E-state index contributed by atoms with van der Waals surface area (Å²) in [7, 11) is 0. The van der Waals surface area contributed by atoms with E-state index in [9.17, 15) is 4.79 Å². The molecule has 110 valence electrons. The Bertz CT molecular complexity index is 289. The Morgan fingerprint density at radius 2 is 2.11 bits per heavy atom. The van der Waals surface area contributed by atoms with Crippen LogP contribution >= 0.6 is 0 Å². The van der Waals surface area contributed by atoms with Gasteiger partial charge in [-0.05, 0) is 59.2 Å². The number of amides is 1. The number of nitrogens with one attached hydrogen (secondary N) is 2. The fraction of sp³-hybridized carbons (Fsp3) is 0.933. The molecule has 2 aliphatic rings. The van der Waals surface area contributed by atoms with E-state index in [1.165, 1.54) is 32.4 Å². The van der Waals surface area contributed by atoms with Gasteiger partial charge in [-0.15, -0.1) is 0 Å². The van der Waals surface area contributed by atoms with Crippen LogP contribution in [0.15, 0.2) is 0 Å². The molecule has 19 heavy (non-hydrogen) atoms. The van der Waals surface area contributed by atoms with Crippen LogP contribution in [0.5, 0.6) is 0 Å². The zero-order valence-electron chi connectivity index (χ0n) is 12.5. The average Bonchev–Trinajstić information content (AvgIpc) is 2.39. The van der Waals surface area contributed by atoms with Gasteiger partial charge < -0.3 is 15.5 Å². The smallest absolute Gasteiger partial charge is 0.223 e. The van der Waals surface area contributed by atoms with Gasteiger partial charge in [0.25, 0.3) is 0 Å². The second-order valence-corrected chi connectivity index (χ2v) is 6.35. The Morgan fingerprint density at radius 1 is 1.37 bits per heavy atom. The Kier molecular flexibility index (Phi) is 5.64. The molecule has 3 unspecified atom stereocenters. The number of carbonyl (C=O) groups excluding carboxylic acids is 1. The predicted molar refractivity (Wildman–Crippen MR) is 78.1 cm³/mol. The number of hydrogen-bond donors (Lipinski definition) is 2. The van der Waals surface area contributed by atoms with Crippen LogP contribution in [0.4, 0.5) is 0 Å². The maximum Gasteiger partial charge on any atom is 0.223 e. The van der Waals surface area contributed by atoms with E-state index in [1.807, 2.05) is 0 Å². The van der Waals surface area contributed by atoms with E-state index in [-0.39, 0.29) is 17.9 Å². The van der Waals surface area contributed by atoms with Crippen molar-refractivity contribution >= 4 is 5.91 Å². The normalized spacial score (nSPS) is 30.8. The molecule has 0 aromatic carbocycles. The summed E-state index contributed by atoms with van der Waals surface area (Å²) < 4.78 is 0. The van der Waals surface area contributed by atoms with Gasteiger partial charge in [0.1, 0.15) is 0 Å². The second kappa shape index (κ2) is 7.25. The Balaban J connectivity index is 1.71. The average molecular weight is 267 g/mol. The predicted octanol–water partition coefficient (Wildman–Crippen LogP) is 1.37. The largest absolute Gasteiger partial charge is 0.352 e. The van der Waals surface area contributed by atoms with Crippen LogP contribution in [0.1, 0.15) is 46.0 Å². The molecule has 0 aliphatic carbocycles. The lowest BCUT2D eigenvalue weighted by Gasteiger charge is -2.31.